The predicted octanol–water partition coefficient (Wildman–Crippen LogP) is 5.55. The molecule has 0 saturated carbocycles. The summed E-state index contributed by atoms with van der Waals surface area (Å²) in [6.07, 6.45) is 12.4. The van der Waals surface area contributed by atoms with Gasteiger partial charge in [-0.05, 0) is 101 Å². The molecule has 0 spiro atoms. The molecule has 20 heteroatoms. The largest absolute Gasteiger partial charge is 0.379 e. The number of fused-ring (bicyclic) bond motifs is 1. The van der Waals surface area contributed by atoms with Crippen molar-refractivity contribution in [3.63, 3.8) is 0 Å². The number of anilines is 5. The van der Waals surface area contributed by atoms with Crippen LogP contribution in [-0.2, 0) is 33.4 Å². The molecule has 1 aromatic heterocycles. The van der Waals surface area contributed by atoms with Crippen LogP contribution in [0.3, 0.4) is 0 Å². The van der Waals surface area contributed by atoms with Gasteiger partial charge in [-0.1, -0.05) is 30.7 Å². The molecule has 8 N–H and O–H groups in total. The van der Waals surface area contributed by atoms with Crippen molar-refractivity contribution < 1.29 is 38.2 Å². The van der Waals surface area contributed by atoms with Gasteiger partial charge in [-0.15, -0.1) is 0 Å². The van der Waals surface area contributed by atoms with E-state index in [0.29, 0.717) is 120 Å². The maximum atomic E-state index is 12.6. The Labute approximate surface area is 422 Å². The number of unbranched alkanes of at least 4 members (excludes halogenated alkanes) is 2. The first kappa shape index (κ1) is 56.1. The van der Waals surface area contributed by atoms with Crippen LogP contribution >= 0.6 is 11.8 Å². The van der Waals surface area contributed by atoms with Crippen molar-refractivity contribution in [2.75, 3.05) is 101 Å². The lowest BCUT2D eigenvalue weighted by Crippen LogP contribution is -2.36. The number of hydrogen-bond acceptors (Lipinski definition) is 14. The zero-order valence-electron chi connectivity index (χ0n) is 41.4. The van der Waals surface area contributed by atoms with E-state index in [2.05, 4.69) is 57.4 Å². The van der Waals surface area contributed by atoms with Crippen LogP contribution in [0.1, 0.15) is 76.2 Å². The van der Waals surface area contributed by atoms with E-state index in [4.69, 9.17) is 14.2 Å². The van der Waals surface area contributed by atoms with Crippen molar-refractivity contribution in [1.29, 1.82) is 0 Å². The Morgan fingerprint density at radius 1 is 0.704 bits per heavy atom. The molecule has 2 aliphatic rings. The van der Waals surface area contributed by atoms with E-state index in [-0.39, 0.29) is 41.7 Å². The normalized spacial score (nSPS) is 16.0. The maximum absolute atomic E-state index is 12.6. The fraction of sp³-hybridized carbons (Fsp3) is 0.549. The number of carbonyl (C=O) groups excluding carboxylic acids is 5. The van der Waals surface area contributed by atoms with Crippen LogP contribution in [0.15, 0.2) is 73.1 Å². The number of carbonyl (C=O) groups is 5. The summed E-state index contributed by atoms with van der Waals surface area (Å²) in [5, 5.41) is 24.6. The second-order valence-corrected chi connectivity index (χ2v) is 18.9. The average molecular weight is 1000 g/mol. The molecule has 19 nitrogen and oxygen atoms in total. The van der Waals surface area contributed by atoms with Gasteiger partial charge < -0.3 is 61.6 Å². The highest BCUT2D eigenvalue weighted by Gasteiger charge is 2.42. The van der Waals surface area contributed by atoms with Crippen molar-refractivity contribution >= 4 is 70.1 Å². The molecule has 6 amide bonds. The second-order valence-electron chi connectivity index (χ2n) is 17.7. The molecule has 0 aliphatic carbocycles. The molecule has 3 unspecified atom stereocenters. The van der Waals surface area contributed by atoms with Crippen molar-refractivity contribution in [3.05, 3.63) is 78.6 Å². The molecule has 3 atom stereocenters. The number of thioether (sulfide) groups is 1. The minimum absolute atomic E-state index is 0.0603. The van der Waals surface area contributed by atoms with E-state index >= 15 is 0 Å². The van der Waals surface area contributed by atoms with Gasteiger partial charge >= 0.3 is 6.03 Å². The van der Waals surface area contributed by atoms with Gasteiger partial charge in [0.2, 0.25) is 23.6 Å². The molecule has 2 aliphatic heterocycles. The predicted molar refractivity (Wildman–Crippen MR) is 279 cm³/mol. The van der Waals surface area contributed by atoms with Gasteiger partial charge in [0.05, 0.1) is 38.5 Å². The first-order valence-electron chi connectivity index (χ1n) is 25.0. The van der Waals surface area contributed by atoms with Crippen molar-refractivity contribution in [1.82, 2.24) is 41.5 Å². The third-order valence-corrected chi connectivity index (χ3v) is 13.1. The topological polar surface area (TPSA) is 238 Å². The number of aryl methyl sites for hydroxylation is 1. The van der Waals surface area contributed by atoms with Crippen LogP contribution in [0.4, 0.5) is 33.5 Å². The molecule has 2 fully saturated rings. The Balaban J connectivity index is 0.747. The van der Waals surface area contributed by atoms with Crippen LogP contribution in [0.5, 0.6) is 0 Å². The standard InChI is InChI=1S/C51H75N11O8S/c1-38-13-7-14-39(33-38)57-44-35-45(56-37-55-44)58-40-15-8-16-41(34-40)59-49(66)21-10-26-62(2)25-6-5-22-52-47(64)19-9-20-48(65)54-24-12-28-69-30-32-70-31-29-68-27-11-23-53-46(63)18-4-3-17-43-50-42(36-71-43)60-51(67)61-50/h7-8,10,13-16,21,33-35,37,42-43,50H,3-6,9,11-12,17-20,22-32,36H2,1-2H3,(H,52,64)(H,53,63)(H,54,65)(H,59,66)(H2,60,61,67)(H2,55,56,57,58). The number of nitrogens with zero attached hydrogens (tertiary/aromatic N) is 3. The molecule has 388 valence electrons. The minimum Gasteiger partial charge on any atom is -0.379 e. The van der Waals surface area contributed by atoms with Crippen molar-refractivity contribution in [2.24, 2.45) is 0 Å². The average Bonchev–Trinajstić information content (AvgIpc) is 3.90. The molecule has 0 bridgehead atoms. The molecule has 3 heterocycles. The Morgan fingerprint density at radius 3 is 1.96 bits per heavy atom. The number of hydrogen-bond donors (Lipinski definition) is 8. The summed E-state index contributed by atoms with van der Waals surface area (Å²) in [6, 6.07) is 17.6. The third-order valence-electron chi connectivity index (χ3n) is 11.5. The van der Waals surface area contributed by atoms with Gasteiger partial charge in [0, 0.05) is 98.9 Å². The second kappa shape index (κ2) is 33.0. The molecule has 5 rings (SSSR count). The number of amides is 6. The number of aromatic nitrogens is 2. The molecule has 0 radical (unpaired) electrons. The van der Waals surface area contributed by atoms with Gasteiger partial charge in [-0.2, -0.15) is 11.8 Å². The fourth-order valence-electron chi connectivity index (χ4n) is 7.83. The van der Waals surface area contributed by atoms with Gasteiger partial charge in [-0.3, -0.25) is 19.2 Å². The first-order valence-corrected chi connectivity index (χ1v) is 26.1. The first-order chi connectivity index (χ1) is 34.6. The summed E-state index contributed by atoms with van der Waals surface area (Å²) in [5.41, 5.74) is 3.50. The molecule has 3 aromatic rings. The highest BCUT2D eigenvalue weighted by Crippen LogP contribution is 2.33. The monoisotopic (exact) mass is 1000 g/mol. The number of benzene rings is 2. The van der Waals surface area contributed by atoms with Gasteiger partial charge in [0.1, 0.15) is 18.0 Å². The summed E-state index contributed by atoms with van der Waals surface area (Å²) in [4.78, 5) is 71.5. The minimum atomic E-state index is -0.227. The quantitative estimate of drug-likeness (QED) is 0.0203. The number of rotatable bonds is 36. The lowest BCUT2D eigenvalue weighted by atomic mass is 10.0. The highest BCUT2D eigenvalue weighted by atomic mass is 32.2. The van der Waals surface area contributed by atoms with Crippen LogP contribution in [-0.4, -0.2) is 147 Å². The Hall–Kier alpha value is -5.80. The van der Waals surface area contributed by atoms with Gasteiger partial charge in [-0.25, -0.2) is 14.8 Å². The van der Waals surface area contributed by atoms with E-state index in [0.717, 1.165) is 67.8 Å². The van der Waals surface area contributed by atoms with E-state index in [1.165, 1.54) is 12.4 Å². The summed E-state index contributed by atoms with van der Waals surface area (Å²) in [6.45, 7) is 8.02. The van der Waals surface area contributed by atoms with E-state index in [1.54, 1.807) is 0 Å². The van der Waals surface area contributed by atoms with Crippen LogP contribution in [0.2, 0.25) is 0 Å². The van der Waals surface area contributed by atoms with E-state index < -0.39 is 0 Å². The smallest absolute Gasteiger partial charge is 0.315 e. The summed E-state index contributed by atoms with van der Waals surface area (Å²) in [7, 11) is 1.99. The van der Waals surface area contributed by atoms with Gasteiger partial charge in [0.15, 0.2) is 0 Å². The van der Waals surface area contributed by atoms with Crippen LogP contribution in [0, 0.1) is 6.92 Å². The van der Waals surface area contributed by atoms with Gasteiger partial charge in [0.25, 0.3) is 0 Å². The summed E-state index contributed by atoms with van der Waals surface area (Å²) < 4.78 is 16.7. The Bertz CT molecular complexity index is 2130. The molecular formula is C51H75N11O8S. The molecule has 71 heavy (non-hydrogen) atoms. The number of urea groups is 1. The zero-order chi connectivity index (χ0) is 50.3. The third kappa shape index (κ3) is 23.8. The van der Waals surface area contributed by atoms with Crippen LogP contribution in [0.25, 0.3) is 0 Å². The maximum Gasteiger partial charge on any atom is 0.315 e. The van der Waals surface area contributed by atoms with Crippen molar-refractivity contribution in [3.8, 4) is 0 Å². The molecule has 2 aromatic carbocycles. The Kier molecular flexibility index (Phi) is 26.1. The lowest BCUT2D eigenvalue weighted by molar-refractivity contribution is -0.123. The fourth-order valence-corrected chi connectivity index (χ4v) is 9.38. The van der Waals surface area contributed by atoms with Crippen molar-refractivity contribution in [2.45, 2.75) is 94.9 Å². The summed E-state index contributed by atoms with van der Waals surface area (Å²) >= 11 is 1.90. The highest BCUT2D eigenvalue weighted by molar-refractivity contribution is 8.00. The van der Waals surface area contributed by atoms with Crippen LogP contribution < -0.4 is 42.5 Å². The zero-order valence-corrected chi connectivity index (χ0v) is 42.3. The SMILES string of the molecule is Cc1cccc(Nc2cc(Nc3cccc(NC(=O)C=CCN(C)CCCCNC(=O)CCCC(=O)NCCCOCCOCCOCCCNC(=O)CCCCC4SCC5NC(=O)NC54)c3)ncn2)c1. The number of likely N-dealkylation sites (N-methyl/N-ethyl adjacent to an activating group) is 1. The number of ether oxygens (including phenoxy) is 3. The molecule has 2 saturated heterocycles. The lowest BCUT2D eigenvalue weighted by Gasteiger charge is -2.16. The number of nitrogens with one attached hydrogen (secondary N) is 8. The Morgan fingerprint density at radius 2 is 1.30 bits per heavy atom. The molecular weight excluding hydrogens is 927 g/mol. The van der Waals surface area contributed by atoms with E-state index in [9.17, 15) is 24.0 Å². The summed E-state index contributed by atoms with van der Waals surface area (Å²) in [5.74, 6) is 1.92. The van der Waals surface area contributed by atoms with E-state index in [1.807, 2.05) is 86.4 Å².